The molecule has 2 aliphatic rings. The van der Waals surface area contributed by atoms with Gasteiger partial charge in [0.15, 0.2) is 9.84 Å². The molecular formula is C6H12NO3S+. The van der Waals surface area contributed by atoms with E-state index in [2.05, 4.69) is 0 Å². The van der Waals surface area contributed by atoms with Crippen LogP contribution in [0.5, 0.6) is 0 Å². The van der Waals surface area contributed by atoms with E-state index in [9.17, 15) is 13.5 Å². The molecule has 5 heteroatoms. The van der Waals surface area contributed by atoms with Crippen LogP contribution in [0.25, 0.3) is 0 Å². The third-order valence-electron chi connectivity index (χ3n) is 2.39. The van der Waals surface area contributed by atoms with Crippen molar-refractivity contribution in [2.45, 2.75) is 12.1 Å². The maximum Gasteiger partial charge on any atom is 0.159 e. The van der Waals surface area contributed by atoms with Crippen molar-refractivity contribution in [1.82, 2.24) is 0 Å². The van der Waals surface area contributed by atoms with Crippen molar-refractivity contribution in [3.05, 3.63) is 0 Å². The topological polar surface area (TPSA) is 58.8 Å². The maximum atomic E-state index is 11.0. The molecule has 0 unspecified atom stereocenters. The standard InChI is InChI=1S/C6H11NO3S/c8-6-4-11(9,10)3-5(6)7-1-2-7/h5-6,8H,1-4H2/p+1/t5-,6+/m0/s1. The molecule has 0 aromatic heterocycles. The highest BCUT2D eigenvalue weighted by molar-refractivity contribution is 7.91. The van der Waals surface area contributed by atoms with Gasteiger partial charge in [-0.25, -0.2) is 8.42 Å². The first-order chi connectivity index (χ1) is 5.08. The zero-order valence-electron chi connectivity index (χ0n) is 6.16. The molecule has 2 aliphatic heterocycles. The summed E-state index contributed by atoms with van der Waals surface area (Å²) in [7, 11) is -2.92. The average Bonchev–Trinajstić information content (AvgIpc) is 2.59. The quantitative estimate of drug-likeness (QED) is 0.422. The second kappa shape index (κ2) is 2.18. The normalized spacial score (nSPS) is 42.6. The van der Waals surface area contributed by atoms with Gasteiger partial charge in [-0.2, -0.15) is 0 Å². The fourth-order valence-electron chi connectivity index (χ4n) is 1.66. The Labute approximate surface area is 65.7 Å². The zero-order chi connectivity index (χ0) is 8.06. The van der Waals surface area contributed by atoms with Gasteiger partial charge in [0.1, 0.15) is 31.0 Å². The minimum absolute atomic E-state index is 0.0266. The van der Waals surface area contributed by atoms with Gasteiger partial charge in [0, 0.05) is 0 Å². The Bertz CT molecular complexity index is 257. The molecule has 11 heavy (non-hydrogen) atoms. The molecule has 2 atom stereocenters. The van der Waals surface area contributed by atoms with Gasteiger partial charge >= 0.3 is 0 Å². The lowest BCUT2D eigenvalue weighted by Crippen LogP contribution is -3.00. The summed E-state index contributed by atoms with van der Waals surface area (Å²) in [4.78, 5) is 1.25. The lowest BCUT2D eigenvalue weighted by atomic mass is 10.2. The minimum atomic E-state index is -2.92. The van der Waals surface area contributed by atoms with Gasteiger partial charge in [0.25, 0.3) is 0 Å². The molecular weight excluding hydrogens is 166 g/mol. The molecule has 2 saturated heterocycles. The van der Waals surface area contributed by atoms with Crippen LogP contribution in [-0.2, 0) is 9.84 Å². The Balaban J connectivity index is 2.13. The van der Waals surface area contributed by atoms with E-state index in [1.165, 1.54) is 4.90 Å². The summed E-state index contributed by atoms with van der Waals surface area (Å²) >= 11 is 0. The molecule has 2 fully saturated rings. The summed E-state index contributed by atoms with van der Waals surface area (Å²) in [5, 5.41) is 9.33. The van der Waals surface area contributed by atoms with E-state index >= 15 is 0 Å². The first-order valence-electron chi connectivity index (χ1n) is 3.81. The highest BCUT2D eigenvalue weighted by atomic mass is 32.2. The van der Waals surface area contributed by atoms with E-state index in [-0.39, 0.29) is 17.5 Å². The molecule has 0 amide bonds. The first-order valence-corrected chi connectivity index (χ1v) is 5.64. The summed E-state index contributed by atoms with van der Waals surface area (Å²) in [5.41, 5.74) is 0. The maximum absolute atomic E-state index is 11.0. The predicted octanol–water partition coefficient (Wildman–Crippen LogP) is -2.96. The van der Waals surface area contributed by atoms with Crippen molar-refractivity contribution in [3.8, 4) is 0 Å². The van der Waals surface area contributed by atoms with Crippen molar-refractivity contribution in [2.75, 3.05) is 24.6 Å². The predicted molar refractivity (Wildman–Crippen MR) is 39.1 cm³/mol. The Morgan fingerprint density at radius 1 is 1.27 bits per heavy atom. The number of hydrogen-bond acceptors (Lipinski definition) is 3. The minimum Gasteiger partial charge on any atom is -0.386 e. The van der Waals surface area contributed by atoms with Gasteiger partial charge < -0.3 is 10.0 Å². The molecule has 0 bridgehead atoms. The second-order valence-electron chi connectivity index (χ2n) is 3.41. The number of aliphatic hydroxyl groups excluding tert-OH is 1. The Kier molecular flexibility index (Phi) is 1.49. The summed E-state index contributed by atoms with van der Waals surface area (Å²) in [6, 6.07) is -0.0278. The Hall–Kier alpha value is -0.130. The first kappa shape index (κ1) is 7.52. The number of aliphatic hydroxyl groups is 1. The average molecular weight is 178 g/mol. The number of rotatable bonds is 1. The van der Waals surface area contributed by atoms with Gasteiger partial charge in [-0.1, -0.05) is 0 Å². The van der Waals surface area contributed by atoms with Crippen LogP contribution in [0.4, 0.5) is 0 Å². The molecule has 2 N–H and O–H groups in total. The van der Waals surface area contributed by atoms with Gasteiger partial charge in [-0.15, -0.1) is 0 Å². The lowest BCUT2D eigenvalue weighted by molar-refractivity contribution is -0.790. The molecule has 0 spiro atoms. The van der Waals surface area contributed by atoms with Crippen molar-refractivity contribution in [1.29, 1.82) is 0 Å². The van der Waals surface area contributed by atoms with E-state index in [4.69, 9.17) is 0 Å². The number of nitrogens with one attached hydrogen (secondary N) is 1. The van der Waals surface area contributed by atoms with Crippen LogP contribution < -0.4 is 4.90 Å². The largest absolute Gasteiger partial charge is 0.386 e. The fraction of sp³-hybridized carbons (Fsp3) is 1.00. The van der Waals surface area contributed by atoms with Crippen LogP contribution in [0.15, 0.2) is 0 Å². The SMILES string of the molecule is O=S1(=O)C[C@@H](O)[C@@H]([NH+]2CC2)C1. The monoisotopic (exact) mass is 178 g/mol. The third-order valence-corrected chi connectivity index (χ3v) is 4.10. The van der Waals surface area contributed by atoms with Crippen molar-refractivity contribution >= 4 is 9.84 Å². The molecule has 64 valence electrons. The zero-order valence-corrected chi connectivity index (χ0v) is 6.97. The fourth-order valence-corrected chi connectivity index (χ4v) is 3.56. The molecule has 0 aromatic rings. The molecule has 4 nitrogen and oxygen atoms in total. The molecule has 2 rings (SSSR count). The second-order valence-corrected chi connectivity index (χ2v) is 5.56. The van der Waals surface area contributed by atoms with Crippen LogP contribution in [0.1, 0.15) is 0 Å². The Morgan fingerprint density at radius 3 is 2.27 bits per heavy atom. The Morgan fingerprint density at radius 2 is 1.91 bits per heavy atom. The molecule has 0 aliphatic carbocycles. The van der Waals surface area contributed by atoms with E-state index in [0.29, 0.717) is 0 Å². The summed E-state index contributed by atoms with van der Waals surface area (Å²) in [5.74, 6) is 0.157. The van der Waals surface area contributed by atoms with Crippen LogP contribution in [0.3, 0.4) is 0 Å². The lowest BCUT2D eigenvalue weighted by Gasteiger charge is -2.08. The highest BCUT2D eigenvalue weighted by Crippen LogP contribution is 2.10. The van der Waals surface area contributed by atoms with Gasteiger partial charge in [-0.05, 0) is 0 Å². The van der Waals surface area contributed by atoms with E-state index in [0.717, 1.165) is 13.1 Å². The number of hydrogen-bond donors (Lipinski definition) is 2. The molecule has 0 saturated carbocycles. The van der Waals surface area contributed by atoms with Gasteiger partial charge in [0.2, 0.25) is 0 Å². The van der Waals surface area contributed by atoms with Gasteiger partial charge in [0.05, 0.1) is 5.75 Å². The molecule has 2 heterocycles. The number of sulfone groups is 1. The number of quaternary nitrogens is 1. The van der Waals surface area contributed by atoms with Crippen molar-refractivity contribution in [3.63, 3.8) is 0 Å². The summed E-state index contributed by atoms with van der Waals surface area (Å²) in [6.07, 6.45) is -0.613. The van der Waals surface area contributed by atoms with Crippen molar-refractivity contribution in [2.24, 2.45) is 0 Å². The molecule has 0 radical (unpaired) electrons. The van der Waals surface area contributed by atoms with Crippen molar-refractivity contribution < 1.29 is 18.4 Å². The van der Waals surface area contributed by atoms with Crippen LogP contribution in [-0.4, -0.2) is 50.3 Å². The summed E-state index contributed by atoms with van der Waals surface area (Å²) in [6.45, 7) is 2.05. The van der Waals surface area contributed by atoms with Crippen LogP contribution in [0, 0.1) is 0 Å². The molecule has 0 aromatic carbocycles. The van der Waals surface area contributed by atoms with E-state index < -0.39 is 15.9 Å². The highest BCUT2D eigenvalue weighted by Gasteiger charge is 2.47. The summed E-state index contributed by atoms with van der Waals surface area (Å²) < 4.78 is 22.0. The smallest absolute Gasteiger partial charge is 0.159 e. The van der Waals surface area contributed by atoms with Crippen LogP contribution >= 0.6 is 0 Å². The van der Waals surface area contributed by atoms with Crippen LogP contribution in [0.2, 0.25) is 0 Å². The van der Waals surface area contributed by atoms with Gasteiger partial charge in [-0.3, -0.25) is 0 Å². The van der Waals surface area contributed by atoms with E-state index in [1.54, 1.807) is 0 Å². The van der Waals surface area contributed by atoms with E-state index in [1.807, 2.05) is 0 Å². The third kappa shape index (κ3) is 1.40.